The van der Waals surface area contributed by atoms with Crippen LogP contribution in [0.4, 0.5) is 0 Å². The number of thiol groups is 2. The molecule has 2 aliphatic heterocycles. The van der Waals surface area contributed by atoms with E-state index < -0.39 is 9.16 Å². The lowest BCUT2D eigenvalue weighted by molar-refractivity contribution is 0.848. The molecule has 2 unspecified atom stereocenters. The molecule has 0 nitrogen and oxygen atoms in total. The fraction of sp³-hybridized carbons (Fsp3) is 0.800. The lowest BCUT2D eigenvalue weighted by Crippen LogP contribution is -2.53. The van der Waals surface area contributed by atoms with Crippen molar-refractivity contribution in [1.29, 1.82) is 0 Å². The molecule has 0 amide bonds. The summed E-state index contributed by atoms with van der Waals surface area (Å²) >= 11 is 0. The first-order chi connectivity index (χ1) is 5.59. The van der Waals surface area contributed by atoms with Crippen molar-refractivity contribution in [2.75, 3.05) is 29.8 Å². The van der Waals surface area contributed by atoms with Crippen molar-refractivity contribution in [2.24, 2.45) is 0 Å². The summed E-state index contributed by atoms with van der Waals surface area (Å²) in [5.41, 5.74) is 0. The number of hydrogen-bond donors (Lipinski definition) is 2. The van der Waals surface area contributed by atoms with E-state index in [0.29, 0.717) is 0 Å². The minimum Gasteiger partial charge on any atom is -0.276 e. The van der Waals surface area contributed by atoms with Gasteiger partial charge in [-0.2, -0.15) is 0 Å². The van der Waals surface area contributed by atoms with Crippen LogP contribution >= 0.6 is 20.1 Å². The van der Waals surface area contributed by atoms with Gasteiger partial charge < -0.3 is 0 Å². The minimum atomic E-state index is -1.01. The van der Waals surface area contributed by atoms with Gasteiger partial charge in [-0.3, -0.25) is 9.16 Å². The zero-order valence-corrected chi connectivity index (χ0v) is 10.1. The molecule has 1 spiro atoms. The molecule has 2 atom stereocenters. The Labute approximate surface area is 79.4 Å². The highest BCUT2D eigenvalue weighted by molar-refractivity contribution is 8.57. The van der Waals surface area contributed by atoms with Crippen molar-refractivity contribution in [3.63, 3.8) is 0 Å². The van der Waals surface area contributed by atoms with Gasteiger partial charge in [-0.15, -0.1) is 0 Å². The van der Waals surface area contributed by atoms with Crippen molar-refractivity contribution < 1.29 is 0 Å². The van der Waals surface area contributed by atoms with Gasteiger partial charge in [0.25, 0.3) is 0 Å². The van der Waals surface area contributed by atoms with E-state index in [-0.39, 0.29) is 10.9 Å². The predicted octanol–water partition coefficient (Wildman–Crippen LogP) is 2.60. The molecule has 12 heavy (non-hydrogen) atoms. The standard InChI is InChI=1S/C10H22S2/c1-4-11(2)10-6-9-12(10,3)7-5-8-12/h4,10-12H,1,5-9H2,2-3H3. The maximum absolute atomic E-state index is 3.97. The molecule has 2 saturated heterocycles. The lowest BCUT2D eigenvalue weighted by atomic mass is 10.5. The van der Waals surface area contributed by atoms with E-state index >= 15 is 0 Å². The molecular formula is C10H22S2. The van der Waals surface area contributed by atoms with Crippen LogP contribution in [-0.4, -0.2) is 34.4 Å². The van der Waals surface area contributed by atoms with E-state index in [9.17, 15) is 0 Å². The van der Waals surface area contributed by atoms with Crippen molar-refractivity contribution in [2.45, 2.75) is 17.4 Å². The van der Waals surface area contributed by atoms with Crippen LogP contribution in [-0.2, 0) is 0 Å². The molecule has 2 aliphatic rings. The second-order valence-corrected chi connectivity index (χ2v) is 14.6. The quantitative estimate of drug-likeness (QED) is 0.638. The second kappa shape index (κ2) is 2.48. The second-order valence-electron chi connectivity index (χ2n) is 5.07. The molecule has 0 aliphatic carbocycles. The third-order valence-corrected chi connectivity index (χ3v) is 16.5. The van der Waals surface area contributed by atoms with E-state index in [4.69, 9.17) is 0 Å². The molecule has 2 heterocycles. The summed E-state index contributed by atoms with van der Waals surface area (Å²) in [6.07, 6.45) is 8.17. The number of hydrogen-bond acceptors (Lipinski definition) is 0. The Kier molecular flexibility index (Phi) is 1.86. The molecule has 2 fully saturated rings. The van der Waals surface area contributed by atoms with Crippen LogP contribution in [0.25, 0.3) is 0 Å². The molecule has 74 valence electrons. The number of rotatable bonds is 2. The third kappa shape index (κ3) is 0.941. The Morgan fingerprint density at radius 3 is 2.33 bits per heavy atom. The van der Waals surface area contributed by atoms with Crippen LogP contribution in [0.5, 0.6) is 0 Å². The monoisotopic (exact) mass is 206 g/mol. The first-order valence-electron chi connectivity index (χ1n) is 4.93. The van der Waals surface area contributed by atoms with Crippen LogP contribution in [0.3, 0.4) is 0 Å². The maximum atomic E-state index is 3.97. The lowest BCUT2D eigenvalue weighted by Gasteiger charge is -2.78. The van der Waals surface area contributed by atoms with Crippen LogP contribution < -0.4 is 0 Å². The molecule has 0 aromatic heterocycles. The molecule has 0 saturated carbocycles. The summed E-state index contributed by atoms with van der Waals surface area (Å²) in [6, 6.07) is 0. The largest absolute Gasteiger partial charge is 0.276 e. The van der Waals surface area contributed by atoms with Crippen LogP contribution in [0.1, 0.15) is 12.8 Å². The van der Waals surface area contributed by atoms with Gasteiger partial charge in [0.2, 0.25) is 0 Å². The van der Waals surface area contributed by atoms with Gasteiger partial charge in [-0.25, -0.2) is 10.9 Å². The topological polar surface area (TPSA) is 0 Å². The first kappa shape index (κ1) is 9.01. The zero-order chi connectivity index (χ0) is 8.84. The average Bonchev–Trinajstić information content (AvgIpc) is 1.98. The summed E-state index contributed by atoms with van der Waals surface area (Å²) in [6.45, 7) is 3.97. The highest BCUT2D eigenvalue weighted by atomic mass is 32.3. The highest BCUT2D eigenvalue weighted by Crippen LogP contribution is 2.86. The van der Waals surface area contributed by atoms with Gasteiger partial charge in [-0.1, -0.05) is 12.0 Å². The highest BCUT2D eigenvalue weighted by Gasteiger charge is 2.55. The van der Waals surface area contributed by atoms with E-state index in [1.54, 1.807) is 17.3 Å². The van der Waals surface area contributed by atoms with E-state index in [1.807, 2.05) is 0 Å². The molecule has 0 aromatic carbocycles. The maximum Gasteiger partial charge on any atom is 0.00762 e. The van der Waals surface area contributed by atoms with Gasteiger partial charge in [0, 0.05) is 4.58 Å². The van der Waals surface area contributed by atoms with Crippen LogP contribution in [0, 0.1) is 0 Å². The molecular weight excluding hydrogens is 184 g/mol. The SMILES string of the molecule is C=C[SH](C)C1CC[SH]12(C)CCC2. The van der Waals surface area contributed by atoms with Crippen molar-refractivity contribution in [1.82, 2.24) is 0 Å². The summed E-state index contributed by atoms with van der Waals surface area (Å²) < 4.78 is 1.14. The van der Waals surface area contributed by atoms with Crippen molar-refractivity contribution in [3.8, 4) is 0 Å². The van der Waals surface area contributed by atoms with Gasteiger partial charge in [-0.05, 0) is 42.6 Å². The Bertz CT molecular complexity index is 210. The predicted molar refractivity (Wildman–Crippen MR) is 67.6 cm³/mol. The normalized spacial score (nSPS) is 43.0. The molecule has 2 heteroatoms. The fourth-order valence-corrected chi connectivity index (χ4v) is 14.6. The Hall–Kier alpha value is 0.440. The van der Waals surface area contributed by atoms with Gasteiger partial charge in [0.05, 0.1) is 0 Å². The minimum absolute atomic E-state index is 0.178. The molecule has 2 rings (SSSR count). The van der Waals surface area contributed by atoms with Crippen LogP contribution in [0.15, 0.2) is 12.0 Å². The van der Waals surface area contributed by atoms with Crippen LogP contribution in [0.2, 0.25) is 0 Å². The third-order valence-electron chi connectivity index (χ3n) is 4.40. The van der Waals surface area contributed by atoms with Gasteiger partial charge in [0.1, 0.15) is 0 Å². The Morgan fingerprint density at radius 2 is 2.08 bits per heavy atom. The Morgan fingerprint density at radius 1 is 1.42 bits per heavy atom. The average molecular weight is 206 g/mol. The molecule has 0 radical (unpaired) electrons. The summed E-state index contributed by atoms with van der Waals surface area (Å²) in [7, 11) is -0.832. The van der Waals surface area contributed by atoms with E-state index in [2.05, 4.69) is 24.5 Å². The molecule has 0 aromatic rings. The van der Waals surface area contributed by atoms with E-state index in [0.717, 1.165) is 4.58 Å². The first-order valence-corrected chi connectivity index (χ1v) is 10.2. The molecule has 0 bridgehead atoms. The summed E-state index contributed by atoms with van der Waals surface area (Å²) in [5.74, 6) is 4.87. The summed E-state index contributed by atoms with van der Waals surface area (Å²) in [4.78, 5) is 0. The van der Waals surface area contributed by atoms with Crippen molar-refractivity contribution in [3.05, 3.63) is 12.0 Å². The smallest absolute Gasteiger partial charge is 0.00762 e. The molecule has 0 N–H and O–H groups in total. The van der Waals surface area contributed by atoms with Gasteiger partial charge >= 0.3 is 0 Å². The zero-order valence-electron chi connectivity index (χ0n) is 8.29. The van der Waals surface area contributed by atoms with Crippen molar-refractivity contribution >= 4 is 20.1 Å². The summed E-state index contributed by atoms with van der Waals surface area (Å²) in [5, 5.41) is 2.25. The van der Waals surface area contributed by atoms with E-state index in [1.165, 1.54) is 12.8 Å². The van der Waals surface area contributed by atoms with Gasteiger partial charge in [0.15, 0.2) is 0 Å². The fourth-order valence-electron chi connectivity index (χ4n) is 3.16. The Balaban J connectivity index is 2.14.